The van der Waals surface area contributed by atoms with Crippen molar-refractivity contribution < 1.29 is 14.3 Å². The van der Waals surface area contributed by atoms with Crippen LogP contribution in [0.4, 0.5) is 5.69 Å². The van der Waals surface area contributed by atoms with Gasteiger partial charge in [-0.05, 0) is 48.5 Å². The van der Waals surface area contributed by atoms with Crippen LogP contribution in [0.3, 0.4) is 0 Å². The van der Waals surface area contributed by atoms with Gasteiger partial charge >= 0.3 is 0 Å². The average molecular weight is 319 g/mol. The molecule has 0 bridgehead atoms. The number of benzene rings is 3. The van der Waals surface area contributed by atoms with Gasteiger partial charge in [-0.3, -0.25) is 4.79 Å². The Kier molecular flexibility index (Phi) is 4.77. The van der Waals surface area contributed by atoms with Crippen molar-refractivity contribution in [2.75, 3.05) is 12.4 Å². The fourth-order valence-electron chi connectivity index (χ4n) is 2.26. The van der Waals surface area contributed by atoms with Crippen LogP contribution in [0, 0.1) is 0 Å². The number of para-hydroxylation sites is 2. The smallest absolute Gasteiger partial charge is 0.259 e. The molecule has 0 aromatic heterocycles. The van der Waals surface area contributed by atoms with Gasteiger partial charge in [0.25, 0.3) is 5.91 Å². The summed E-state index contributed by atoms with van der Waals surface area (Å²) in [6.45, 7) is 0. The lowest BCUT2D eigenvalue weighted by molar-refractivity contribution is 0.102. The van der Waals surface area contributed by atoms with Crippen LogP contribution in [0.1, 0.15) is 10.4 Å². The number of carbonyl (C=O) groups excluding carboxylic acids is 1. The van der Waals surface area contributed by atoms with Crippen LogP contribution in [-0.2, 0) is 0 Å². The third-order valence-electron chi connectivity index (χ3n) is 3.44. The predicted octanol–water partition coefficient (Wildman–Crippen LogP) is 4.74. The first-order chi connectivity index (χ1) is 11.8. The van der Waals surface area contributed by atoms with Gasteiger partial charge in [0.05, 0.1) is 12.7 Å². The second-order valence-corrected chi connectivity index (χ2v) is 5.09. The van der Waals surface area contributed by atoms with E-state index in [1.807, 2.05) is 48.5 Å². The maximum atomic E-state index is 12.3. The van der Waals surface area contributed by atoms with Gasteiger partial charge in [0.1, 0.15) is 17.2 Å². The minimum atomic E-state index is -0.218. The number of hydrogen-bond donors (Lipinski definition) is 1. The summed E-state index contributed by atoms with van der Waals surface area (Å²) in [4.78, 5) is 12.3. The van der Waals surface area contributed by atoms with E-state index in [9.17, 15) is 4.79 Å². The Bertz CT molecular complexity index is 814. The van der Waals surface area contributed by atoms with Gasteiger partial charge in [-0.25, -0.2) is 0 Å². The van der Waals surface area contributed by atoms with Gasteiger partial charge in [0.2, 0.25) is 0 Å². The van der Waals surface area contributed by atoms with E-state index in [0.717, 1.165) is 5.75 Å². The highest BCUT2D eigenvalue weighted by molar-refractivity contribution is 6.06. The minimum Gasteiger partial charge on any atom is -0.496 e. The first-order valence-corrected chi connectivity index (χ1v) is 7.53. The second-order valence-electron chi connectivity index (χ2n) is 5.09. The Labute approximate surface area is 140 Å². The fourth-order valence-corrected chi connectivity index (χ4v) is 2.26. The van der Waals surface area contributed by atoms with Crippen LogP contribution in [0.5, 0.6) is 17.2 Å². The maximum Gasteiger partial charge on any atom is 0.259 e. The van der Waals surface area contributed by atoms with Crippen LogP contribution in [0.15, 0.2) is 78.9 Å². The van der Waals surface area contributed by atoms with E-state index in [1.165, 1.54) is 0 Å². The quantitative estimate of drug-likeness (QED) is 0.739. The molecule has 0 saturated heterocycles. The third-order valence-corrected chi connectivity index (χ3v) is 3.44. The van der Waals surface area contributed by atoms with Crippen LogP contribution in [-0.4, -0.2) is 13.0 Å². The van der Waals surface area contributed by atoms with Crippen LogP contribution in [0.2, 0.25) is 0 Å². The first-order valence-electron chi connectivity index (χ1n) is 7.53. The van der Waals surface area contributed by atoms with Crippen molar-refractivity contribution in [1.82, 2.24) is 0 Å². The van der Waals surface area contributed by atoms with E-state index in [0.29, 0.717) is 22.7 Å². The summed E-state index contributed by atoms with van der Waals surface area (Å²) in [7, 11) is 1.54. The van der Waals surface area contributed by atoms with E-state index < -0.39 is 0 Å². The molecule has 0 spiro atoms. The number of ether oxygens (including phenoxy) is 2. The highest BCUT2D eigenvalue weighted by atomic mass is 16.5. The van der Waals surface area contributed by atoms with E-state index in [1.54, 1.807) is 37.4 Å². The topological polar surface area (TPSA) is 47.6 Å². The van der Waals surface area contributed by atoms with Gasteiger partial charge in [-0.1, -0.05) is 30.3 Å². The van der Waals surface area contributed by atoms with E-state index in [-0.39, 0.29) is 5.91 Å². The number of rotatable bonds is 5. The minimum absolute atomic E-state index is 0.218. The molecular weight excluding hydrogens is 302 g/mol. The Balaban J connectivity index is 1.69. The summed E-state index contributed by atoms with van der Waals surface area (Å²) in [6, 6.07) is 23.9. The number of nitrogens with one attached hydrogen (secondary N) is 1. The number of carbonyl (C=O) groups is 1. The standard InChI is InChI=1S/C20H17NO3/c1-23-19-10-6-5-9-18(19)20(22)21-15-11-13-17(14-12-15)24-16-7-3-2-4-8-16/h2-14H,1H3,(H,21,22). The molecule has 0 aliphatic heterocycles. The third kappa shape index (κ3) is 3.73. The second kappa shape index (κ2) is 7.33. The van der Waals surface area contributed by atoms with Gasteiger partial charge in [-0.2, -0.15) is 0 Å². The summed E-state index contributed by atoms with van der Waals surface area (Å²) in [5, 5.41) is 2.85. The average Bonchev–Trinajstić information content (AvgIpc) is 2.64. The molecule has 0 atom stereocenters. The number of amides is 1. The maximum absolute atomic E-state index is 12.3. The zero-order chi connectivity index (χ0) is 16.8. The lowest BCUT2D eigenvalue weighted by Crippen LogP contribution is -2.12. The molecule has 0 aliphatic rings. The molecule has 24 heavy (non-hydrogen) atoms. The monoisotopic (exact) mass is 319 g/mol. The summed E-state index contributed by atoms with van der Waals surface area (Å²) < 4.78 is 10.9. The highest BCUT2D eigenvalue weighted by Crippen LogP contribution is 2.24. The molecule has 0 aliphatic carbocycles. The molecule has 0 saturated carbocycles. The Morgan fingerprint density at radius 1 is 0.792 bits per heavy atom. The Morgan fingerprint density at radius 2 is 1.42 bits per heavy atom. The van der Waals surface area contributed by atoms with Gasteiger partial charge in [-0.15, -0.1) is 0 Å². The van der Waals surface area contributed by atoms with E-state index >= 15 is 0 Å². The molecule has 0 heterocycles. The van der Waals surface area contributed by atoms with Gasteiger partial charge in [0.15, 0.2) is 0 Å². The molecule has 4 nitrogen and oxygen atoms in total. The number of methoxy groups -OCH3 is 1. The van der Waals surface area contributed by atoms with Crippen LogP contribution < -0.4 is 14.8 Å². The van der Waals surface area contributed by atoms with Crippen molar-refractivity contribution in [1.29, 1.82) is 0 Å². The van der Waals surface area contributed by atoms with Crippen molar-refractivity contribution in [2.45, 2.75) is 0 Å². The molecule has 3 aromatic carbocycles. The normalized spacial score (nSPS) is 10.0. The van der Waals surface area contributed by atoms with Crippen molar-refractivity contribution in [2.24, 2.45) is 0 Å². The zero-order valence-corrected chi connectivity index (χ0v) is 13.2. The number of hydrogen-bond acceptors (Lipinski definition) is 3. The zero-order valence-electron chi connectivity index (χ0n) is 13.2. The first kappa shape index (κ1) is 15.6. The molecule has 1 amide bonds. The molecule has 1 N–H and O–H groups in total. The molecule has 4 heteroatoms. The van der Waals surface area contributed by atoms with E-state index in [4.69, 9.17) is 9.47 Å². The molecule has 3 aromatic rings. The van der Waals surface area contributed by atoms with Crippen LogP contribution >= 0.6 is 0 Å². The van der Waals surface area contributed by atoms with Crippen molar-refractivity contribution >= 4 is 11.6 Å². The molecule has 3 rings (SSSR count). The summed E-state index contributed by atoms with van der Waals surface area (Å²) in [5.41, 5.74) is 1.18. The van der Waals surface area contributed by atoms with Crippen molar-refractivity contribution in [3.63, 3.8) is 0 Å². The summed E-state index contributed by atoms with van der Waals surface area (Å²) in [5.74, 6) is 1.79. The lowest BCUT2D eigenvalue weighted by atomic mass is 10.2. The van der Waals surface area contributed by atoms with Crippen LogP contribution in [0.25, 0.3) is 0 Å². The highest BCUT2D eigenvalue weighted by Gasteiger charge is 2.11. The van der Waals surface area contributed by atoms with Crippen molar-refractivity contribution in [3.8, 4) is 17.2 Å². The lowest BCUT2D eigenvalue weighted by Gasteiger charge is -2.10. The molecule has 0 unspecified atom stereocenters. The predicted molar refractivity (Wildman–Crippen MR) is 93.9 cm³/mol. The van der Waals surface area contributed by atoms with Gasteiger partial charge in [0, 0.05) is 5.69 Å². The van der Waals surface area contributed by atoms with E-state index in [2.05, 4.69) is 5.32 Å². The van der Waals surface area contributed by atoms with Gasteiger partial charge < -0.3 is 14.8 Å². The SMILES string of the molecule is COc1ccccc1C(=O)Nc1ccc(Oc2ccccc2)cc1. The molecule has 120 valence electrons. The largest absolute Gasteiger partial charge is 0.496 e. The molecular formula is C20H17NO3. The molecule has 0 radical (unpaired) electrons. The summed E-state index contributed by atoms with van der Waals surface area (Å²) in [6.07, 6.45) is 0. The Morgan fingerprint density at radius 3 is 2.12 bits per heavy atom. The molecule has 0 fully saturated rings. The summed E-state index contributed by atoms with van der Waals surface area (Å²) >= 11 is 0. The Hall–Kier alpha value is -3.27. The van der Waals surface area contributed by atoms with Crippen molar-refractivity contribution in [3.05, 3.63) is 84.4 Å². The number of anilines is 1. The fraction of sp³-hybridized carbons (Fsp3) is 0.0500.